The van der Waals surface area contributed by atoms with Gasteiger partial charge in [0, 0.05) is 6.42 Å². The first-order valence-corrected chi connectivity index (χ1v) is 4.69. The second kappa shape index (κ2) is 4.63. The average molecular weight is 214 g/mol. The van der Waals surface area contributed by atoms with Crippen molar-refractivity contribution in [3.63, 3.8) is 0 Å². The molecule has 0 aliphatic heterocycles. The number of aromatic nitrogens is 3. The van der Waals surface area contributed by atoms with Gasteiger partial charge in [-0.2, -0.15) is 9.77 Å². The topological polar surface area (TPSA) is 92.1 Å². The van der Waals surface area contributed by atoms with Gasteiger partial charge in [0.25, 0.3) is 0 Å². The highest BCUT2D eigenvalue weighted by Gasteiger charge is 2.12. The Morgan fingerprint density at radius 2 is 2.20 bits per heavy atom. The number of carbonyl (C=O) groups is 1. The summed E-state index contributed by atoms with van der Waals surface area (Å²) in [6, 6.07) is 0. The molecule has 0 saturated heterocycles. The molecule has 0 saturated carbocycles. The summed E-state index contributed by atoms with van der Waals surface area (Å²) in [5, 5.41) is 3.89. The van der Waals surface area contributed by atoms with Crippen molar-refractivity contribution in [1.29, 1.82) is 0 Å². The van der Waals surface area contributed by atoms with Crippen LogP contribution in [-0.2, 0) is 22.5 Å². The molecule has 7 heteroatoms. The van der Waals surface area contributed by atoms with Crippen molar-refractivity contribution in [1.82, 2.24) is 14.5 Å². The van der Waals surface area contributed by atoms with Crippen LogP contribution in [0.3, 0.4) is 0 Å². The smallest absolute Gasteiger partial charge is 0.365 e. The van der Waals surface area contributed by atoms with Crippen molar-refractivity contribution in [3.05, 3.63) is 16.3 Å². The minimum absolute atomic E-state index is 0.204. The number of nitrogens with zero attached hydrogens (tertiary/aromatic N) is 3. The van der Waals surface area contributed by atoms with E-state index in [-0.39, 0.29) is 13.2 Å². The second-order valence-corrected chi connectivity index (χ2v) is 2.89. The van der Waals surface area contributed by atoms with Crippen LogP contribution in [0.25, 0.3) is 0 Å². The van der Waals surface area contributed by atoms with Gasteiger partial charge < -0.3 is 10.6 Å². The lowest BCUT2D eigenvalue weighted by molar-refractivity contribution is -0.144. The fourth-order valence-electron chi connectivity index (χ4n) is 1.14. The molecule has 2 N–H and O–H groups in total. The van der Waals surface area contributed by atoms with Gasteiger partial charge >= 0.3 is 11.7 Å². The maximum absolute atomic E-state index is 11.4. The lowest BCUT2D eigenvalue weighted by Gasteiger charge is -1.99. The Kier molecular flexibility index (Phi) is 3.48. The molecule has 0 unspecified atom stereocenters. The summed E-state index contributed by atoms with van der Waals surface area (Å²) in [5.74, 6) is 5.37. The van der Waals surface area contributed by atoms with E-state index >= 15 is 0 Å². The molecule has 0 fully saturated rings. The highest BCUT2D eigenvalue weighted by atomic mass is 16.5. The zero-order chi connectivity index (χ0) is 11.4. The largest absolute Gasteiger partial charge is 0.465 e. The van der Waals surface area contributed by atoms with E-state index in [1.165, 1.54) is 0 Å². The van der Waals surface area contributed by atoms with Gasteiger partial charge in [-0.15, -0.1) is 0 Å². The van der Waals surface area contributed by atoms with Crippen LogP contribution in [0.15, 0.2) is 4.79 Å². The number of esters is 1. The van der Waals surface area contributed by atoms with Gasteiger partial charge in [-0.25, -0.2) is 9.48 Å². The number of nitrogens with two attached hydrogens (primary N) is 1. The van der Waals surface area contributed by atoms with Gasteiger partial charge in [0.15, 0.2) is 5.82 Å². The summed E-state index contributed by atoms with van der Waals surface area (Å²) in [6.07, 6.45) is 0.529. The molecule has 0 aromatic carbocycles. The number of ether oxygens (including phenoxy) is 1. The average Bonchev–Trinajstić information content (AvgIpc) is 2.46. The van der Waals surface area contributed by atoms with Gasteiger partial charge in [-0.3, -0.25) is 4.79 Å². The van der Waals surface area contributed by atoms with E-state index in [0.717, 1.165) is 9.36 Å². The number of nitrogen functional groups attached to an aromatic ring is 1. The third-order valence-electron chi connectivity index (χ3n) is 1.84. The molecule has 0 atom stereocenters. The van der Waals surface area contributed by atoms with Crippen LogP contribution in [-0.4, -0.2) is 27.0 Å². The monoisotopic (exact) mass is 214 g/mol. The fourth-order valence-corrected chi connectivity index (χ4v) is 1.14. The lowest BCUT2D eigenvalue weighted by atomic mass is 10.5. The zero-order valence-corrected chi connectivity index (χ0v) is 8.77. The molecule has 0 aliphatic rings. The maximum atomic E-state index is 11.4. The van der Waals surface area contributed by atoms with Crippen LogP contribution in [0, 0.1) is 0 Å². The molecule has 0 radical (unpaired) electrons. The Balaban J connectivity index is 2.87. The van der Waals surface area contributed by atoms with E-state index < -0.39 is 11.7 Å². The SMILES string of the molecule is CCOC(=O)Cn1nc(CC)n(N)c1=O. The first-order chi connectivity index (χ1) is 7.10. The van der Waals surface area contributed by atoms with E-state index in [9.17, 15) is 9.59 Å². The summed E-state index contributed by atoms with van der Waals surface area (Å²) in [4.78, 5) is 22.5. The lowest BCUT2D eigenvalue weighted by Crippen LogP contribution is -2.32. The van der Waals surface area contributed by atoms with E-state index in [1.807, 2.05) is 6.92 Å². The molecule has 1 heterocycles. The Morgan fingerprint density at radius 3 is 2.67 bits per heavy atom. The normalized spacial score (nSPS) is 10.3. The van der Waals surface area contributed by atoms with Crippen molar-refractivity contribution < 1.29 is 9.53 Å². The van der Waals surface area contributed by atoms with Crippen molar-refractivity contribution in [2.45, 2.75) is 26.8 Å². The Bertz CT molecular complexity index is 407. The maximum Gasteiger partial charge on any atom is 0.365 e. The van der Waals surface area contributed by atoms with Gasteiger partial charge in [-0.05, 0) is 6.92 Å². The predicted octanol–water partition coefficient (Wildman–Crippen LogP) is -1.12. The van der Waals surface area contributed by atoms with Crippen LogP contribution < -0.4 is 11.5 Å². The highest BCUT2D eigenvalue weighted by Crippen LogP contribution is 1.90. The summed E-state index contributed by atoms with van der Waals surface area (Å²) in [6.45, 7) is 3.58. The summed E-state index contributed by atoms with van der Waals surface area (Å²) in [5.41, 5.74) is -0.514. The first kappa shape index (κ1) is 11.3. The number of aryl methyl sites for hydroxylation is 1. The van der Waals surface area contributed by atoms with Crippen LogP contribution in [0.4, 0.5) is 0 Å². The molecule has 84 valence electrons. The molecular weight excluding hydrogens is 200 g/mol. The minimum Gasteiger partial charge on any atom is -0.465 e. The molecule has 0 amide bonds. The molecule has 1 aromatic heterocycles. The quantitative estimate of drug-likeness (QED) is 0.506. The number of rotatable bonds is 4. The number of carbonyl (C=O) groups excluding carboxylic acids is 1. The molecule has 1 aromatic rings. The predicted molar refractivity (Wildman–Crippen MR) is 52.6 cm³/mol. The Labute approximate surface area is 86.4 Å². The van der Waals surface area contributed by atoms with Crippen LogP contribution in [0.2, 0.25) is 0 Å². The minimum atomic E-state index is -0.514. The van der Waals surface area contributed by atoms with E-state index in [1.54, 1.807) is 6.92 Å². The van der Waals surface area contributed by atoms with E-state index in [0.29, 0.717) is 12.2 Å². The van der Waals surface area contributed by atoms with Crippen molar-refractivity contribution in [2.75, 3.05) is 12.4 Å². The summed E-state index contributed by atoms with van der Waals surface area (Å²) < 4.78 is 6.62. The molecule has 0 bridgehead atoms. The van der Waals surface area contributed by atoms with Gasteiger partial charge in [0.05, 0.1) is 6.61 Å². The van der Waals surface area contributed by atoms with Crippen molar-refractivity contribution in [2.24, 2.45) is 0 Å². The standard InChI is InChI=1S/C8H14N4O3/c1-3-6-10-11(8(14)12(6)9)5-7(13)15-4-2/h3-5,9H2,1-2H3. The third kappa shape index (κ3) is 2.36. The molecule has 0 aliphatic carbocycles. The van der Waals surface area contributed by atoms with Gasteiger partial charge in [0.2, 0.25) is 0 Å². The number of hydrogen-bond donors (Lipinski definition) is 1. The highest BCUT2D eigenvalue weighted by molar-refractivity contribution is 5.68. The van der Waals surface area contributed by atoms with Gasteiger partial charge in [0.1, 0.15) is 6.54 Å². The summed E-state index contributed by atoms with van der Waals surface area (Å²) in [7, 11) is 0. The molecule has 1 rings (SSSR count). The zero-order valence-electron chi connectivity index (χ0n) is 8.77. The third-order valence-corrected chi connectivity index (χ3v) is 1.84. The molecule has 7 nitrogen and oxygen atoms in total. The number of hydrogen-bond acceptors (Lipinski definition) is 5. The van der Waals surface area contributed by atoms with Crippen LogP contribution in [0.1, 0.15) is 19.7 Å². The second-order valence-electron chi connectivity index (χ2n) is 2.89. The van der Waals surface area contributed by atoms with Crippen molar-refractivity contribution in [3.8, 4) is 0 Å². The molecule has 15 heavy (non-hydrogen) atoms. The Morgan fingerprint density at radius 1 is 1.53 bits per heavy atom. The van der Waals surface area contributed by atoms with E-state index in [2.05, 4.69) is 5.10 Å². The van der Waals surface area contributed by atoms with Crippen molar-refractivity contribution >= 4 is 5.97 Å². The van der Waals surface area contributed by atoms with Crippen LogP contribution >= 0.6 is 0 Å². The van der Waals surface area contributed by atoms with Gasteiger partial charge in [-0.1, -0.05) is 6.92 Å². The first-order valence-electron chi connectivity index (χ1n) is 4.69. The Hall–Kier alpha value is -1.79. The molecule has 0 spiro atoms. The fraction of sp³-hybridized carbons (Fsp3) is 0.625. The molecular formula is C8H14N4O3. The summed E-state index contributed by atoms with van der Waals surface area (Å²) >= 11 is 0. The van der Waals surface area contributed by atoms with E-state index in [4.69, 9.17) is 10.6 Å². The van der Waals surface area contributed by atoms with Crippen LogP contribution in [0.5, 0.6) is 0 Å².